The van der Waals surface area contributed by atoms with Gasteiger partial charge in [-0.15, -0.1) is 0 Å². The van der Waals surface area contributed by atoms with E-state index in [1.165, 1.54) is 19.2 Å². The Kier molecular flexibility index (Phi) is 8.68. The number of rotatable bonds is 11. The minimum Gasteiger partial charge on any atom is -0.497 e. The van der Waals surface area contributed by atoms with Crippen molar-refractivity contribution in [3.05, 3.63) is 54.1 Å². The van der Waals surface area contributed by atoms with Gasteiger partial charge in [0.1, 0.15) is 16.4 Å². The summed E-state index contributed by atoms with van der Waals surface area (Å²) in [5.74, 6) is 1.01. The number of benzene rings is 2. The van der Waals surface area contributed by atoms with E-state index in [1.807, 2.05) is 19.9 Å². The second kappa shape index (κ2) is 11.0. The molecule has 7 nitrogen and oxygen atoms in total. The van der Waals surface area contributed by atoms with Crippen LogP contribution in [0, 0.1) is 5.92 Å². The van der Waals surface area contributed by atoms with Gasteiger partial charge in [-0.3, -0.25) is 4.79 Å². The van der Waals surface area contributed by atoms with Gasteiger partial charge in [0.15, 0.2) is 0 Å². The smallest absolute Gasteiger partial charge is 0.339 e. The molecule has 30 heavy (non-hydrogen) atoms. The molecule has 0 aromatic heterocycles. The molecule has 0 bridgehead atoms. The molecular weight excluding hydrogens is 406 g/mol. The number of nitrogens with zero attached hydrogens (tertiary/aromatic N) is 1. The topological polar surface area (TPSA) is 82.1 Å². The molecule has 0 aliphatic carbocycles. The summed E-state index contributed by atoms with van der Waals surface area (Å²) in [6.45, 7) is 5.20. The summed E-state index contributed by atoms with van der Waals surface area (Å²) in [7, 11) is -0.892. The number of amides is 1. The lowest BCUT2D eigenvalue weighted by Crippen LogP contribution is -2.34. The van der Waals surface area contributed by atoms with Crippen LogP contribution in [0.3, 0.4) is 0 Å². The van der Waals surface area contributed by atoms with E-state index in [2.05, 4.69) is 0 Å². The van der Waals surface area contributed by atoms with E-state index in [0.717, 1.165) is 5.56 Å². The van der Waals surface area contributed by atoms with Crippen LogP contribution in [0.5, 0.6) is 11.5 Å². The van der Waals surface area contributed by atoms with Crippen LogP contribution in [0.1, 0.15) is 25.8 Å². The number of methoxy groups -OCH3 is 2. The predicted molar refractivity (Wildman–Crippen MR) is 114 cm³/mol. The Bertz CT molecular complexity index is 925. The van der Waals surface area contributed by atoms with Gasteiger partial charge in [0, 0.05) is 26.6 Å². The molecule has 0 N–H and O–H groups in total. The van der Waals surface area contributed by atoms with E-state index < -0.39 is 10.1 Å². The Morgan fingerprint density at radius 1 is 1.03 bits per heavy atom. The zero-order chi connectivity index (χ0) is 22.1. The normalized spacial score (nSPS) is 11.4. The fourth-order valence-corrected chi connectivity index (χ4v) is 3.73. The minimum absolute atomic E-state index is 0.0271. The third-order valence-electron chi connectivity index (χ3n) is 4.33. The maximum Gasteiger partial charge on any atom is 0.339 e. The summed E-state index contributed by atoms with van der Waals surface area (Å²) in [5.41, 5.74) is 0.769. The largest absolute Gasteiger partial charge is 0.497 e. The zero-order valence-electron chi connectivity index (χ0n) is 17.8. The summed E-state index contributed by atoms with van der Waals surface area (Å²) >= 11 is 0. The molecule has 0 atom stereocenters. The highest BCUT2D eigenvalue weighted by Gasteiger charge is 2.18. The first kappa shape index (κ1) is 23.7. The van der Waals surface area contributed by atoms with Gasteiger partial charge in [-0.2, -0.15) is 8.42 Å². The van der Waals surface area contributed by atoms with Gasteiger partial charge in [-0.25, -0.2) is 0 Å². The van der Waals surface area contributed by atoms with Crippen LogP contribution in [-0.2, 0) is 26.2 Å². The third-order valence-corrected chi connectivity index (χ3v) is 5.59. The van der Waals surface area contributed by atoms with E-state index in [1.54, 1.807) is 42.3 Å². The average Bonchev–Trinajstić information content (AvgIpc) is 2.70. The molecule has 0 aliphatic rings. The van der Waals surface area contributed by atoms with Crippen molar-refractivity contribution in [3.63, 3.8) is 0 Å². The molecule has 2 rings (SSSR count). The zero-order valence-corrected chi connectivity index (χ0v) is 18.6. The number of ether oxygens (including phenoxy) is 2. The molecule has 0 radical (unpaired) electrons. The van der Waals surface area contributed by atoms with E-state index in [9.17, 15) is 13.2 Å². The minimum atomic E-state index is -3.99. The quantitative estimate of drug-likeness (QED) is 0.503. The van der Waals surface area contributed by atoms with Crippen molar-refractivity contribution in [2.75, 3.05) is 27.4 Å². The second-order valence-corrected chi connectivity index (χ2v) is 8.81. The molecule has 2 aromatic carbocycles. The first-order valence-electron chi connectivity index (χ1n) is 9.69. The third kappa shape index (κ3) is 7.03. The van der Waals surface area contributed by atoms with Crippen molar-refractivity contribution < 1.29 is 26.9 Å². The Hall–Kier alpha value is -2.58. The van der Waals surface area contributed by atoms with Crippen LogP contribution in [0.4, 0.5) is 0 Å². The van der Waals surface area contributed by atoms with E-state index in [0.29, 0.717) is 31.9 Å². The van der Waals surface area contributed by atoms with Gasteiger partial charge < -0.3 is 18.6 Å². The van der Waals surface area contributed by atoms with E-state index >= 15 is 0 Å². The fraction of sp³-hybridized carbons (Fsp3) is 0.409. The van der Waals surface area contributed by atoms with Crippen molar-refractivity contribution in [1.29, 1.82) is 0 Å². The highest BCUT2D eigenvalue weighted by Crippen LogP contribution is 2.22. The van der Waals surface area contributed by atoms with Gasteiger partial charge >= 0.3 is 10.1 Å². The van der Waals surface area contributed by atoms with Gasteiger partial charge in [0.25, 0.3) is 0 Å². The second-order valence-electron chi connectivity index (χ2n) is 7.27. The molecule has 0 saturated carbocycles. The standard InChI is InChI=1S/C22H29NO6S/c1-17(2)14-22(24)23(12-13-27-3)16-18-6-5-7-20(15-18)29-30(25,26)21-10-8-19(28-4)9-11-21/h5-11,15,17H,12-14,16H2,1-4H3. The first-order chi connectivity index (χ1) is 14.2. The maximum atomic E-state index is 12.6. The highest BCUT2D eigenvalue weighted by atomic mass is 32.2. The van der Waals surface area contributed by atoms with Crippen molar-refractivity contribution >= 4 is 16.0 Å². The van der Waals surface area contributed by atoms with Crippen LogP contribution >= 0.6 is 0 Å². The van der Waals surface area contributed by atoms with Crippen molar-refractivity contribution in [2.45, 2.75) is 31.7 Å². The Morgan fingerprint density at radius 2 is 1.73 bits per heavy atom. The van der Waals surface area contributed by atoms with Crippen molar-refractivity contribution in [2.24, 2.45) is 5.92 Å². The lowest BCUT2D eigenvalue weighted by atomic mass is 10.1. The fourth-order valence-electron chi connectivity index (χ4n) is 2.81. The molecule has 1 amide bonds. The molecule has 164 valence electrons. The molecule has 0 aliphatic heterocycles. The molecule has 2 aromatic rings. The lowest BCUT2D eigenvalue weighted by molar-refractivity contribution is -0.133. The number of hydrogen-bond donors (Lipinski definition) is 0. The van der Waals surface area contributed by atoms with E-state index in [4.69, 9.17) is 13.7 Å². The SMILES string of the molecule is COCCN(Cc1cccc(OS(=O)(=O)c2ccc(OC)cc2)c1)C(=O)CC(C)C. The Labute approximate surface area is 178 Å². The molecular formula is C22H29NO6S. The van der Waals surface area contributed by atoms with Crippen molar-refractivity contribution in [3.8, 4) is 11.5 Å². The van der Waals surface area contributed by atoms with Gasteiger partial charge in [0.2, 0.25) is 5.91 Å². The highest BCUT2D eigenvalue weighted by molar-refractivity contribution is 7.87. The molecule has 0 saturated heterocycles. The Morgan fingerprint density at radius 3 is 2.33 bits per heavy atom. The summed E-state index contributed by atoms with van der Waals surface area (Å²) in [6.07, 6.45) is 0.436. The number of hydrogen-bond acceptors (Lipinski definition) is 6. The Balaban J connectivity index is 2.15. The van der Waals surface area contributed by atoms with Crippen LogP contribution < -0.4 is 8.92 Å². The molecule has 0 fully saturated rings. The maximum absolute atomic E-state index is 12.6. The summed E-state index contributed by atoms with van der Waals surface area (Å²) in [4.78, 5) is 14.3. The first-order valence-corrected chi connectivity index (χ1v) is 11.1. The van der Waals surface area contributed by atoms with Gasteiger partial charge in [0.05, 0.1) is 13.7 Å². The number of carbonyl (C=O) groups is 1. The van der Waals surface area contributed by atoms with Gasteiger partial charge in [-0.1, -0.05) is 26.0 Å². The predicted octanol–water partition coefficient (Wildman–Crippen LogP) is 3.48. The molecule has 0 unspecified atom stereocenters. The van der Waals surface area contributed by atoms with E-state index in [-0.39, 0.29) is 22.5 Å². The van der Waals surface area contributed by atoms with Crippen LogP contribution in [0.25, 0.3) is 0 Å². The molecule has 0 heterocycles. The van der Waals surface area contributed by atoms with Crippen LogP contribution in [0.15, 0.2) is 53.4 Å². The summed E-state index contributed by atoms with van der Waals surface area (Å²) < 4.78 is 40.6. The molecule has 8 heteroatoms. The monoisotopic (exact) mass is 435 g/mol. The average molecular weight is 436 g/mol. The summed E-state index contributed by atoms with van der Waals surface area (Å²) in [6, 6.07) is 12.7. The summed E-state index contributed by atoms with van der Waals surface area (Å²) in [5, 5.41) is 0. The van der Waals surface area contributed by atoms with Crippen molar-refractivity contribution in [1.82, 2.24) is 4.90 Å². The lowest BCUT2D eigenvalue weighted by Gasteiger charge is -2.23. The van der Waals surface area contributed by atoms with Crippen LogP contribution in [0.2, 0.25) is 0 Å². The number of carbonyl (C=O) groups excluding carboxylic acids is 1. The van der Waals surface area contributed by atoms with Crippen LogP contribution in [-0.4, -0.2) is 46.6 Å². The van der Waals surface area contributed by atoms with Gasteiger partial charge in [-0.05, 0) is 47.9 Å². The molecule has 0 spiro atoms.